The highest BCUT2D eigenvalue weighted by Gasteiger charge is 2.29. The average Bonchev–Trinajstić information content (AvgIpc) is 3.28. The minimum atomic E-state index is 0.723. The van der Waals surface area contributed by atoms with E-state index < -0.39 is 0 Å². The van der Waals surface area contributed by atoms with Crippen molar-refractivity contribution < 1.29 is 0 Å². The fourth-order valence-electron chi connectivity index (χ4n) is 2.86. The zero-order chi connectivity index (χ0) is 13.1. The molecule has 1 aromatic heterocycles. The molecule has 1 N–H and O–H groups in total. The van der Waals surface area contributed by atoms with Crippen LogP contribution in [0, 0.1) is 5.92 Å². The molecule has 0 radical (unpaired) electrons. The van der Waals surface area contributed by atoms with Crippen molar-refractivity contribution >= 4 is 10.9 Å². The summed E-state index contributed by atoms with van der Waals surface area (Å²) in [6, 6.07) is 13.4. The molecular formula is C17H22N2. The van der Waals surface area contributed by atoms with Crippen molar-refractivity contribution in [2.24, 2.45) is 5.92 Å². The van der Waals surface area contributed by atoms with E-state index in [2.05, 4.69) is 48.8 Å². The van der Waals surface area contributed by atoms with E-state index in [0.29, 0.717) is 0 Å². The van der Waals surface area contributed by atoms with Gasteiger partial charge in [-0.05, 0) is 57.2 Å². The van der Waals surface area contributed by atoms with Gasteiger partial charge in [0.05, 0.1) is 5.52 Å². The zero-order valence-electron chi connectivity index (χ0n) is 11.6. The maximum atomic E-state index is 4.74. The van der Waals surface area contributed by atoms with Gasteiger partial charge >= 0.3 is 0 Å². The van der Waals surface area contributed by atoms with Gasteiger partial charge in [-0.1, -0.05) is 24.3 Å². The summed E-state index contributed by atoms with van der Waals surface area (Å²) >= 11 is 0. The second-order valence-corrected chi connectivity index (χ2v) is 5.62. The van der Waals surface area contributed by atoms with E-state index in [9.17, 15) is 0 Å². The molecule has 0 aliphatic heterocycles. The van der Waals surface area contributed by atoms with Gasteiger partial charge in [0, 0.05) is 17.1 Å². The lowest BCUT2D eigenvalue weighted by Crippen LogP contribution is -2.27. The van der Waals surface area contributed by atoms with E-state index in [1.807, 2.05) is 0 Å². The number of hydrogen-bond acceptors (Lipinski definition) is 2. The van der Waals surface area contributed by atoms with Crippen molar-refractivity contribution in [3.05, 3.63) is 42.1 Å². The van der Waals surface area contributed by atoms with Gasteiger partial charge in [-0.15, -0.1) is 0 Å². The Hall–Kier alpha value is -1.41. The first-order chi connectivity index (χ1) is 9.36. The summed E-state index contributed by atoms with van der Waals surface area (Å²) in [6.45, 7) is 0. The quantitative estimate of drug-likeness (QED) is 0.852. The Morgan fingerprint density at radius 1 is 1.21 bits per heavy atom. The molecular weight excluding hydrogens is 232 g/mol. The van der Waals surface area contributed by atoms with Crippen LogP contribution in [0.5, 0.6) is 0 Å². The highest BCUT2D eigenvalue weighted by molar-refractivity contribution is 5.78. The molecule has 2 nitrogen and oxygen atoms in total. The Morgan fingerprint density at radius 2 is 2.05 bits per heavy atom. The van der Waals surface area contributed by atoms with Gasteiger partial charge in [-0.3, -0.25) is 4.98 Å². The number of aryl methyl sites for hydroxylation is 1. The normalized spacial score (nSPS) is 16.7. The first-order valence-corrected chi connectivity index (χ1v) is 7.39. The molecule has 3 rings (SSSR count). The lowest BCUT2D eigenvalue weighted by atomic mass is 10.0. The molecule has 1 aliphatic rings. The van der Waals surface area contributed by atoms with E-state index in [4.69, 9.17) is 4.98 Å². The van der Waals surface area contributed by atoms with Crippen molar-refractivity contribution in [3.63, 3.8) is 0 Å². The SMILES string of the molecule is CNC(CCCc1ccc2ccccc2n1)C1CC1. The van der Waals surface area contributed by atoms with Crippen LogP contribution in [0.3, 0.4) is 0 Å². The molecule has 1 fully saturated rings. The molecule has 1 saturated carbocycles. The summed E-state index contributed by atoms with van der Waals surface area (Å²) in [5.41, 5.74) is 2.34. The van der Waals surface area contributed by atoms with Crippen molar-refractivity contribution in [2.45, 2.75) is 38.1 Å². The number of pyridine rings is 1. The molecule has 1 atom stereocenters. The standard InChI is InChI=1S/C17H22N2/c1-18-16(14-9-10-14)8-4-6-15-12-11-13-5-2-3-7-17(13)19-15/h2-3,5,7,11-12,14,16,18H,4,6,8-10H2,1H3. The summed E-state index contributed by atoms with van der Waals surface area (Å²) in [7, 11) is 2.09. The lowest BCUT2D eigenvalue weighted by Gasteiger charge is -2.14. The van der Waals surface area contributed by atoms with Gasteiger partial charge in [-0.2, -0.15) is 0 Å². The maximum Gasteiger partial charge on any atom is 0.0705 e. The largest absolute Gasteiger partial charge is 0.317 e. The molecule has 1 aromatic carbocycles. The molecule has 1 aliphatic carbocycles. The number of hydrogen-bond donors (Lipinski definition) is 1. The molecule has 0 saturated heterocycles. The van der Waals surface area contributed by atoms with Crippen LogP contribution in [-0.2, 0) is 6.42 Å². The number of fused-ring (bicyclic) bond motifs is 1. The number of nitrogens with one attached hydrogen (secondary N) is 1. The maximum absolute atomic E-state index is 4.74. The van der Waals surface area contributed by atoms with Crippen LogP contribution in [0.15, 0.2) is 36.4 Å². The summed E-state index contributed by atoms with van der Waals surface area (Å²) in [4.78, 5) is 4.74. The van der Waals surface area contributed by atoms with Gasteiger partial charge in [0.25, 0.3) is 0 Å². The molecule has 2 heteroatoms. The van der Waals surface area contributed by atoms with E-state index in [0.717, 1.165) is 23.9 Å². The van der Waals surface area contributed by atoms with Crippen LogP contribution in [0.1, 0.15) is 31.4 Å². The first kappa shape index (κ1) is 12.6. The van der Waals surface area contributed by atoms with Crippen LogP contribution in [0.25, 0.3) is 10.9 Å². The zero-order valence-corrected chi connectivity index (χ0v) is 11.6. The number of benzene rings is 1. The van der Waals surface area contributed by atoms with Crippen molar-refractivity contribution in [1.82, 2.24) is 10.3 Å². The van der Waals surface area contributed by atoms with E-state index in [-0.39, 0.29) is 0 Å². The smallest absolute Gasteiger partial charge is 0.0705 e. The lowest BCUT2D eigenvalue weighted by molar-refractivity contribution is 0.455. The Bertz CT molecular complexity index is 546. The summed E-state index contributed by atoms with van der Waals surface area (Å²) in [5, 5.41) is 4.69. The number of para-hydroxylation sites is 1. The average molecular weight is 254 g/mol. The predicted molar refractivity (Wildman–Crippen MR) is 80.3 cm³/mol. The van der Waals surface area contributed by atoms with Crippen LogP contribution in [-0.4, -0.2) is 18.1 Å². The molecule has 1 heterocycles. The Labute approximate surface area is 115 Å². The highest BCUT2D eigenvalue weighted by Crippen LogP contribution is 2.34. The molecule has 2 aromatic rings. The first-order valence-electron chi connectivity index (χ1n) is 7.39. The van der Waals surface area contributed by atoms with Gasteiger partial charge in [0.15, 0.2) is 0 Å². The summed E-state index contributed by atoms with van der Waals surface area (Å²) in [6.07, 6.45) is 6.43. The van der Waals surface area contributed by atoms with Crippen LogP contribution in [0.4, 0.5) is 0 Å². The molecule has 1 unspecified atom stereocenters. The summed E-state index contributed by atoms with van der Waals surface area (Å²) < 4.78 is 0. The van der Waals surface area contributed by atoms with Crippen LogP contribution >= 0.6 is 0 Å². The molecule has 0 spiro atoms. The Morgan fingerprint density at radius 3 is 2.84 bits per heavy atom. The van der Waals surface area contributed by atoms with Gasteiger partial charge in [-0.25, -0.2) is 0 Å². The fraction of sp³-hybridized carbons (Fsp3) is 0.471. The second-order valence-electron chi connectivity index (χ2n) is 5.62. The molecule has 0 amide bonds. The second kappa shape index (κ2) is 5.70. The molecule has 19 heavy (non-hydrogen) atoms. The van der Waals surface area contributed by atoms with Crippen molar-refractivity contribution in [3.8, 4) is 0 Å². The van der Waals surface area contributed by atoms with Crippen LogP contribution < -0.4 is 5.32 Å². The fourth-order valence-corrected chi connectivity index (χ4v) is 2.86. The Balaban J connectivity index is 1.58. The monoisotopic (exact) mass is 254 g/mol. The van der Waals surface area contributed by atoms with E-state index in [1.54, 1.807) is 0 Å². The van der Waals surface area contributed by atoms with Crippen LogP contribution in [0.2, 0.25) is 0 Å². The molecule has 100 valence electrons. The number of rotatable bonds is 6. The predicted octanol–water partition coefficient (Wildman–Crippen LogP) is 3.56. The van der Waals surface area contributed by atoms with Gasteiger partial charge in [0.2, 0.25) is 0 Å². The van der Waals surface area contributed by atoms with Gasteiger partial charge < -0.3 is 5.32 Å². The number of aromatic nitrogens is 1. The summed E-state index contributed by atoms with van der Waals surface area (Å²) in [5.74, 6) is 0.939. The Kier molecular flexibility index (Phi) is 3.79. The minimum Gasteiger partial charge on any atom is -0.317 e. The van der Waals surface area contributed by atoms with E-state index in [1.165, 1.54) is 36.8 Å². The van der Waals surface area contributed by atoms with Gasteiger partial charge in [0.1, 0.15) is 0 Å². The topological polar surface area (TPSA) is 24.9 Å². The third kappa shape index (κ3) is 3.13. The third-order valence-electron chi connectivity index (χ3n) is 4.17. The van der Waals surface area contributed by atoms with Crippen molar-refractivity contribution in [1.29, 1.82) is 0 Å². The highest BCUT2D eigenvalue weighted by atomic mass is 14.9. The number of nitrogens with zero attached hydrogens (tertiary/aromatic N) is 1. The molecule has 0 bridgehead atoms. The van der Waals surface area contributed by atoms with E-state index >= 15 is 0 Å². The third-order valence-corrected chi connectivity index (χ3v) is 4.17. The minimum absolute atomic E-state index is 0.723. The van der Waals surface area contributed by atoms with Crippen molar-refractivity contribution in [2.75, 3.05) is 7.05 Å².